The number of hydrogen-bond acceptors (Lipinski definition) is 4. The van der Waals surface area contributed by atoms with Gasteiger partial charge in [-0.25, -0.2) is 0 Å². The van der Waals surface area contributed by atoms with E-state index >= 15 is 0 Å². The maximum atomic E-state index is 4.19. The van der Waals surface area contributed by atoms with E-state index in [9.17, 15) is 0 Å². The summed E-state index contributed by atoms with van der Waals surface area (Å²) in [6.45, 7) is 5.54. The Kier molecular flexibility index (Phi) is 2.74. The summed E-state index contributed by atoms with van der Waals surface area (Å²) in [6, 6.07) is 10.5. The molecule has 3 rings (SSSR count). The molecule has 2 heterocycles. The van der Waals surface area contributed by atoms with Crippen LogP contribution in [-0.2, 0) is 0 Å². The lowest BCUT2D eigenvalue weighted by Crippen LogP contribution is -2.31. The minimum Gasteiger partial charge on any atom is -0.336 e. The predicted octanol–water partition coefficient (Wildman–Crippen LogP) is 1.90. The Morgan fingerprint density at radius 1 is 1.17 bits per heavy atom. The van der Waals surface area contributed by atoms with Gasteiger partial charge in [-0.15, -0.1) is 0 Å². The molecule has 0 bridgehead atoms. The minimum atomic E-state index is 0.485. The molecule has 0 saturated carbocycles. The van der Waals surface area contributed by atoms with Crippen molar-refractivity contribution in [2.75, 3.05) is 11.4 Å². The lowest BCUT2D eigenvalue weighted by molar-refractivity contribution is 0.540. The molecular weight excluding hydrogens is 226 g/mol. The zero-order chi connectivity index (χ0) is 12.5. The van der Waals surface area contributed by atoms with Crippen LogP contribution in [0.1, 0.15) is 20.3 Å². The van der Waals surface area contributed by atoms with Crippen molar-refractivity contribution in [1.29, 1.82) is 0 Å². The van der Waals surface area contributed by atoms with Crippen LogP contribution in [0.4, 0.5) is 5.95 Å². The van der Waals surface area contributed by atoms with Crippen molar-refractivity contribution in [2.45, 2.75) is 26.3 Å². The smallest absolute Gasteiger partial charge is 0.250 e. The second-order valence-electron chi connectivity index (χ2n) is 4.93. The van der Waals surface area contributed by atoms with Crippen LogP contribution in [0, 0.1) is 5.92 Å². The van der Waals surface area contributed by atoms with E-state index in [0.29, 0.717) is 12.0 Å². The number of para-hydroxylation sites is 1. The highest BCUT2D eigenvalue weighted by Crippen LogP contribution is 2.28. The van der Waals surface area contributed by atoms with Crippen molar-refractivity contribution in [2.24, 2.45) is 5.92 Å². The molecule has 1 aromatic heterocycles. The molecule has 1 aliphatic heterocycles. The molecule has 2 aromatic rings. The van der Waals surface area contributed by atoms with E-state index in [-0.39, 0.29) is 0 Å². The summed E-state index contributed by atoms with van der Waals surface area (Å²) in [5.74, 6) is 1.53. The highest BCUT2D eigenvalue weighted by molar-refractivity contribution is 5.42. The first-order valence-electron chi connectivity index (χ1n) is 6.38. The van der Waals surface area contributed by atoms with Crippen LogP contribution in [0.15, 0.2) is 30.3 Å². The number of hydrogen-bond donors (Lipinski definition) is 0. The van der Waals surface area contributed by atoms with Gasteiger partial charge in [-0.2, -0.15) is 4.68 Å². The van der Waals surface area contributed by atoms with E-state index in [1.54, 1.807) is 0 Å². The fraction of sp³-hybridized carbons (Fsp3) is 0.462. The maximum Gasteiger partial charge on any atom is 0.250 e. The monoisotopic (exact) mass is 243 g/mol. The van der Waals surface area contributed by atoms with Gasteiger partial charge in [0, 0.05) is 12.6 Å². The van der Waals surface area contributed by atoms with Gasteiger partial charge in [0.05, 0.1) is 5.69 Å². The Labute approximate surface area is 106 Å². The summed E-state index contributed by atoms with van der Waals surface area (Å²) in [5, 5.41) is 12.1. The molecule has 2 atom stereocenters. The number of aromatic nitrogens is 4. The molecule has 1 fully saturated rings. The van der Waals surface area contributed by atoms with Crippen LogP contribution in [0.2, 0.25) is 0 Å². The minimum absolute atomic E-state index is 0.485. The van der Waals surface area contributed by atoms with Gasteiger partial charge in [0.25, 0.3) is 5.95 Å². The first-order valence-corrected chi connectivity index (χ1v) is 6.38. The number of anilines is 1. The van der Waals surface area contributed by atoms with Crippen LogP contribution in [-0.4, -0.2) is 32.8 Å². The van der Waals surface area contributed by atoms with Crippen molar-refractivity contribution in [1.82, 2.24) is 20.2 Å². The van der Waals surface area contributed by atoms with Gasteiger partial charge in [-0.1, -0.05) is 30.2 Å². The number of rotatable bonds is 2. The van der Waals surface area contributed by atoms with Crippen LogP contribution in [0.5, 0.6) is 0 Å². The normalized spacial score (nSPS) is 23.6. The summed E-state index contributed by atoms with van der Waals surface area (Å²) in [5.41, 5.74) is 1.00. The highest BCUT2D eigenvalue weighted by atomic mass is 15.6. The van der Waals surface area contributed by atoms with Gasteiger partial charge in [-0.05, 0) is 41.8 Å². The predicted molar refractivity (Wildman–Crippen MR) is 69.7 cm³/mol. The Balaban J connectivity index is 1.98. The third-order valence-corrected chi connectivity index (χ3v) is 3.85. The van der Waals surface area contributed by atoms with Gasteiger partial charge in [0.2, 0.25) is 0 Å². The summed E-state index contributed by atoms with van der Waals surface area (Å²) in [7, 11) is 0. The SMILES string of the molecule is CC1CCN(c2nnnn2-c2ccccc2)C1C. The van der Waals surface area contributed by atoms with E-state index in [0.717, 1.165) is 18.2 Å². The average Bonchev–Trinajstić information content (AvgIpc) is 2.99. The van der Waals surface area contributed by atoms with E-state index in [2.05, 4.69) is 34.3 Å². The van der Waals surface area contributed by atoms with Crippen molar-refractivity contribution in [3.05, 3.63) is 30.3 Å². The van der Waals surface area contributed by atoms with E-state index < -0.39 is 0 Å². The third kappa shape index (κ3) is 1.75. The van der Waals surface area contributed by atoms with E-state index in [4.69, 9.17) is 0 Å². The van der Waals surface area contributed by atoms with Gasteiger partial charge >= 0.3 is 0 Å². The molecule has 0 amide bonds. The number of nitrogens with zero attached hydrogens (tertiary/aromatic N) is 5. The molecule has 94 valence electrons. The first kappa shape index (κ1) is 11.2. The van der Waals surface area contributed by atoms with Crippen molar-refractivity contribution in [3.63, 3.8) is 0 Å². The molecule has 1 saturated heterocycles. The number of benzene rings is 1. The van der Waals surface area contributed by atoms with E-state index in [1.807, 2.05) is 35.0 Å². The average molecular weight is 243 g/mol. The fourth-order valence-corrected chi connectivity index (χ4v) is 2.47. The lowest BCUT2D eigenvalue weighted by atomic mass is 10.1. The molecule has 0 radical (unpaired) electrons. The van der Waals surface area contributed by atoms with Gasteiger partial charge in [0.15, 0.2) is 0 Å². The summed E-state index contributed by atoms with van der Waals surface area (Å²) < 4.78 is 1.81. The maximum absolute atomic E-state index is 4.19. The topological polar surface area (TPSA) is 46.8 Å². The third-order valence-electron chi connectivity index (χ3n) is 3.85. The standard InChI is InChI=1S/C13H17N5/c1-10-8-9-17(11(10)2)13-14-15-16-18(13)12-6-4-3-5-7-12/h3-7,10-11H,8-9H2,1-2H3. The second kappa shape index (κ2) is 4.40. The zero-order valence-electron chi connectivity index (χ0n) is 10.7. The van der Waals surface area contributed by atoms with Crippen LogP contribution >= 0.6 is 0 Å². The molecule has 5 nitrogen and oxygen atoms in total. The van der Waals surface area contributed by atoms with Gasteiger partial charge < -0.3 is 4.90 Å². The molecule has 1 aromatic carbocycles. The van der Waals surface area contributed by atoms with Crippen molar-refractivity contribution < 1.29 is 0 Å². The van der Waals surface area contributed by atoms with Crippen molar-refractivity contribution >= 4 is 5.95 Å². The molecule has 18 heavy (non-hydrogen) atoms. The Bertz CT molecular complexity index is 521. The van der Waals surface area contributed by atoms with E-state index in [1.165, 1.54) is 6.42 Å². The fourth-order valence-electron chi connectivity index (χ4n) is 2.47. The molecule has 0 N–H and O–H groups in total. The second-order valence-corrected chi connectivity index (χ2v) is 4.93. The molecule has 5 heteroatoms. The molecule has 0 aliphatic carbocycles. The Morgan fingerprint density at radius 3 is 2.61 bits per heavy atom. The molecule has 1 aliphatic rings. The summed E-state index contributed by atoms with van der Waals surface area (Å²) in [4.78, 5) is 2.29. The zero-order valence-corrected chi connectivity index (χ0v) is 10.7. The van der Waals surface area contributed by atoms with Gasteiger partial charge in [0.1, 0.15) is 0 Å². The first-order chi connectivity index (χ1) is 8.77. The largest absolute Gasteiger partial charge is 0.336 e. The Hall–Kier alpha value is -1.91. The quantitative estimate of drug-likeness (QED) is 0.808. The lowest BCUT2D eigenvalue weighted by Gasteiger charge is -2.23. The number of tetrazole rings is 1. The molecular formula is C13H17N5. The summed E-state index contributed by atoms with van der Waals surface area (Å²) in [6.07, 6.45) is 1.20. The van der Waals surface area contributed by atoms with Gasteiger partial charge in [-0.3, -0.25) is 0 Å². The van der Waals surface area contributed by atoms with Crippen LogP contribution in [0.3, 0.4) is 0 Å². The molecule has 2 unspecified atom stereocenters. The van der Waals surface area contributed by atoms with Crippen molar-refractivity contribution in [3.8, 4) is 5.69 Å². The van der Waals surface area contributed by atoms with Crippen LogP contribution < -0.4 is 4.90 Å². The summed E-state index contributed by atoms with van der Waals surface area (Å²) >= 11 is 0. The Morgan fingerprint density at radius 2 is 1.94 bits per heavy atom. The van der Waals surface area contributed by atoms with Crippen LogP contribution in [0.25, 0.3) is 5.69 Å². The highest BCUT2D eigenvalue weighted by Gasteiger charge is 2.31. The molecule has 0 spiro atoms.